The summed E-state index contributed by atoms with van der Waals surface area (Å²) in [7, 11) is 1.65. The molecule has 2 aliphatic heterocycles. The number of aromatic nitrogens is 3. The number of ether oxygens (including phenoxy) is 3. The molecule has 1 fully saturated rings. The minimum Gasteiger partial charge on any atom is -0.471 e. The van der Waals surface area contributed by atoms with Crippen molar-refractivity contribution in [3.05, 3.63) is 41.3 Å². The smallest absolute Gasteiger partial charge is 0.272 e. The Hall–Kier alpha value is -2.45. The molecular weight excluding hydrogens is 360 g/mol. The van der Waals surface area contributed by atoms with Crippen LogP contribution in [-0.4, -0.2) is 64.6 Å². The summed E-state index contributed by atoms with van der Waals surface area (Å²) in [4.78, 5) is 19.2. The first-order valence-corrected chi connectivity index (χ1v) is 9.67. The van der Waals surface area contributed by atoms with Crippen molar-refractivity contribution < 1.29 is 19.0 Å². The van der Waals surface area contributed by atoms with E-state index < -0.39 is 0 Å². The number of likely N-dealkylation sites (tertiary alicyclic amines) is 1. The summed E-state index contributed by atoms with van der Waals surface area (Å²) < 4.78 is 18.7. The average molecular weight is 386 g/mol. The molecule has 0 aliphatic carbocycles. The van der Waals surface area contributed by atoms with Gasteiger partial charge in [0.05, 0.1) is 44.1 Å². The van der Waals surface area contributed by atoms with Gasteiger partial charge in [0.25, 0.3) is 5.91 Å². The minimum absolute atomic E-state index is 0.00739. The number of carbonyl (C=O) groups is 1. The van der Waals surface area contributed by atoms with E-state index in [-0.39, 0.29) is 24.2 Å². The Morgan fingerprint density at radius 3 is 2.86 bits per heavy atom. The Balaban J connectivity index is 1.51. The number of pyridine rings is 1. The van der Waals surface area contributed by atoms with Crippen molar-refractivity contribution in [1.82, 2.24) is 19.7 Å². The fraction of sp³-hybridized carbons (Fsp3) is 0.550. The second-order valence-corrected chi connectivity index (χ2v) is 7.34. The Kier molecular flexibility index (Phi) is 5.32. The maximum atomic E-state index is 13.3. The van der Waals surface area contributed by atoms with Gasteiger partial charge in [-0.2, -0.15) is 5.10 Å². The van der Waals surface area contributed by atoms with Crippen LogP contribution in [0.1, 0.15) is 41.7 Å². The number of rotatable bonds is 6. The third-order valence-electron chi connectivity index (χ3n) is 5.16. The van der Waals surface area contributed by atoms with Gasteiger partial charge in [0.2, 0.25) is 5.88 Å². The van der Waals surface area contributed by atoms with E-state index in [1.807, 2.05) is 32.0 Å². The van der Waals surface area contributed by atoms with Crippen LogP contribution in [0.3, 0.4) is 0 Å². The molecule has 2 aliphatic rings. The molecule has 4 heterocycles. The molecule has 1 saturated heterocycles. The number of amides is 1. The van der Waals surface area contributed by atoms with E-state index in [0.717, 1.165) is 11.3 Å². The molecular formula is C20H26N4O4. The highest BCUT2D eigenvalue weighted by atomic mass is 16.5. The highest BCUT2D eigenvalue weighted by Gasteiger charge is 2.38. The number of fused-ring (bicyclic) bond motifs is 1. The van der Waals surface area contributed by atoms with Crippen LogP contribution >= 0.6 is 0 Å². The van der Waals surface area contributed by atoms with E-state index in [9.17, 15) is 4.79 Å². The summed E-state index contributed by atoms with van der Waals surface area (Å²) >= 11 is 0. The molecule has 0 spiro atoms. The number of hydrogen-bond donors (Lipinski definition) is 0. The first-order valence-electron chi connectivity index (χ1n) is 9.67. The monoisotopic (exact) mass is 386 g/mol. The van der Waals surface area contributed by atoms with Gasteiger partial charge in [0.15, 0.2) is 0 Å². The van der Waals surface area contributed by atoms with Gasteiger partial charge in [0.1, 0.15) is 11.8 Å². The van der Waals surface area contributed by atoms with Gasteiger partial charge in [0, 0.05) is 31.4 Å². The van der Waals surface area contributed by atoms with Crippen LogP contribution in [-0.2, 0) is 22.4 Å². The van der Waals surface area contributed by atoms with E-state index in [4.69, 9.17) is 14.2 Å². The summed E-state index contributed by atoms with van der Waals surface area (Å²) in [6.07, 6.45) is 2.29. The van der Waals surface area contributed by atoms with Crippen LogP contribution < -0.4 is 4.74 Å². The van der Waals surface area contributed by atoms with E-state index in [1.165, 1.54) is 0 Å². The van der Waals surface area contributed by atoms with Crippen molar-refractivity contribution in [1.29, 1.82) is 0 Å². The van der Waals surface area contributed by atoms with Crippen molar-refractivity contribution >= 4 is 5.91 Å². The molecule has 2 aromatic heterocycles. The first-order chi connectivity index (χ1) is 13.6. The van der Waals surface area contributed by atoms with Crippen molar-refractivity contribution in [3.8, 4) is 5.88 Å². The Morgan fingerprint density at radius 1 is 1.32 bits per heavy atom. The summed E-state index contributed by atoms with van der Waals surface area (Å²) in [5.41, 5.74) is 2.52. The second kappa shape index (κ2) is 7.89. The fourth-order valence-electron chi connectivity index (χ4n) is 3.79. The fourth-order valence-corrected chi connectivity index (χ4v) is 3.79. The molecule has 2 atom stereocenters. The largest absolute Gasteiger partial charge is 0.471 e. The van der Waals surface area contributed by atoms with Gasteiger partial charge < -0.3 is 19.1 Å². The van der Waals surface area contributed by atoms with Crippen LogP contribution in [0.25, 0.3) is 0 Å². The molecule has 8 heteroatoms. The normalized spacial score (nSPS) is 21.9. The van der Waals surface area contributed by atoms with E-state index in [2.05, 4.69) is 10.1 Å². The lowest BCUT2D eigenvalue weighted by Crippen LogP contribution is -2.56. The first kappa shape index (κ1) is 18.9. The van der Waals surface area contributed by atoms with Crippen molar-refractivity contribution in [3.63, 3.8) is 0 Å². The van der Waals surface area contributed by atoms with Gasteiger partial charge >= 0.3 is 0 Å². The molecule has 0 aromatic carbocycles. The van der Waals surface area contributed by atoms with Crippen molar-refractivity contribution in [2.24, 2.45) is 0 Å². The number of nitrogens with zero attached hydrogens (tertiary/aromatic N) is 4. The van der Waals surface area contributed by atoms with Gasteiger partial charge in [-0.1, -0.05) is 6.07 Å². The summed E-state index contributed by atoms with van der Waals surface area (Å²) in [6, 6.07) is 5.55. The Labute approximate surface area is 164 Å². The molecule has 0 saturated carbocycles. The van der Waals surface area contributed by atoms with Crippen molar-refractivity contribution in [2.75, 3.05) is 26.8 Å². The third kappa shape index (κ3) is 3.62. The topological polar surface area (TPSA) is 78.7 Å². The van der Waals surface area contributed by atoms with E-state index >= 15 is 0 Å². The minimum atomic E-state index is -0.120. The SMILES string of the molecule is COCCn1nc2c(c1C(=O)N1CC(Oc3ccccn3)C1)C[C@H](C)O[C@@H]2C. The predicted octanol–water partition coefficient (Wildman–Crippen LogP) is 1.85. The lowest BCUT2D eigenvalue weighted by Gasteiger charge is -2.39. The van der Waals surface area contributed by atoms with Gasteiger partial charge in [-0.25, -0.2) is 4.98 Å². The molecule has 0 N–H and O–H groups in total. The molecule has 1 amide bonds. The molecule has 28 heavy (non-hydrogen) atoms. The Bertz CT molecular complexity index is 832. The van der Waals surface area contributed by atoms with Gasteiger partial charge in [-0.3, -0.25) is 9.48 Å². The zero-order valence-corrected chi connectivity index (χ0v) is 16.5. The lowest BCUT2D eigenvalue weighted by atomic mass is 9.98. The molecule has 4 rings (SSSR count). The van der Waals surface area contributed by atoms with E-state index in [0.29, 0.717) is 44.2 Å². The van der Waals surface area contributed by atoms with Crippen molar-refractivity contribution in [2.45, 2.75) is 45.1 Å². The zero-order valence-electron chi connectivity index (χ0n) is 16.5. The second-order valence-electron chi connectivity index (χ2n) is 7.34. The van der Waals surface area contributed by atoms with Gasteiger partial charge in [-0.05, 0) is 19.9 Å². The standard InChI is InChI=1S/C20H26N4O4/c1-13-10-16-18(14(2)27-13)22-24(8-9-26-3)19(16)20(25)23-11-15(12-23)28-17-6-4-5-7-21-17/h4-7,13-15H,8-12H2,1-3H3/t13-,14+/m0/s1. The molecule has 0 unspecified atom stereocenters. The molecule has 2 aromatic rings. The highest BCUT2D eigenvalue weighted by Crippen LogP contribution is 2.32. The van der Waals surface area contributed by atoms with Crippen LogP contribution in [0, 0.1) is 0 Å². The zero-order chi connectivity index (χ0) is 19.7. The lowest BCUT2D eigenvalue weighted by molar-refractivity contribution is -0.00745. The quantitative estimate of drug-likeness (QED) is 0.754. The van der Waals surface area contributed by atoms with Crippen LogP contribution in [0.2, 0.25) is 0 Å². The highest BCUT2D eigenvalue weighted by molar-refractivity contribution is 5.95. The molecule has 0 radical (unpaired) electrons. The third-order valence-corrected chi connectivity index (χ3v) is 5.16. The Morgan fingerprint density at radius 2 is 2.14 bits per heavy atom. The molecule has 0 bridgehead atoms. The number of carbonyl (C=O) groups excluding carboxylic acids is 1. The van der Waals surface area contributed by atoms with Crippen LogP contribution in [0.5, 0.6) is 5.88 Å². The summed E-state index contributed by atoms with van der Waals surface area (Å²) in [6.45, 7) is 6.13. The van der Waals surface area contributed by atoms with E-state index in [1.54, 1.807) is 22.9 Å². The van der Waals surface area contributed by atoms with Gasteiger partial charge in [-0.15, -0.1) is 0 Å². The maximum absolute atomic E-state index is 13.3. The summed E-state index contributed by atoms with van der Waals surface area (Å²) in [5.74, 6) is 0.578. The number of methoxy groups -OCH3 is 1. The predicted molar refractivity (Wildman–Crippen MR) is 101 cm³/mol. The molecule has 150 valence electrons. The van der Waals surface area contributed by atoms with Crippen LogP contribution in [0.15, 0.2) is 24.4 Å². The average Bonchev–Trinajstić information content (AvgIpc) is 3.01. The summed E-state index contributed by atoms with van der Waals surface area (Å²) in [5, 5.41) is 4.68. The molecule has 8 nitrogen and oxygen atoms in total. The van der Waals surface area contributed by atoms with Crippen LogP contribution in [0.4, 0.5) is 0 Å². The maximum Gasteiger partial charge on any atom is 0.272 e. The number of hydrogen-bond acceptors (Lipinski definition) is 6.